The van der Waals surface area contributed by atoms with Crippen LogP contribution >= 0.6 is 46.1 Å². The van der Waals surface area contributed by atoms with E-state index in [9.17, 15) is 0 Å². The number of hydrogen-bond donors (Lipinski definition) is 1. The van der Waals surface area contributed by atoms with Gasteiger partial charge in [-0.2, -0.15) is 5.10 Å². The van der Waals surface area contributed by atoms with Gasteiger partial charge in [-0.3, -0.25) is 5.41 Å². The van der Waals surface area contributed by atoms with Gasteiger partial charge in [0.2, 0.25) is 4.80 Å². The van der Waals surface area contributed by atoms with Gasteiger partial charge in [0.05, 0.1) is 10.0 Å². The van der Waals surface area contributed by atoms with Crippen molar-refractivity contribution in [2.24, 2.45) is 0 Å². The fourth-order valence-electron chi connectivity index (χ4n) is 1.99. The molecule has 1 aromatic heterocycles. The number of nitrogens with one attached hydrogen (secondary N) is 1. The van der Waals surface area contributed by atoms with E-state index in [0.29, 0.717) is 20.8 Å². The van der Waals surface area contributed by atoms with Crippen molar-refractivity contribution in [1.82, 2.24) is 9.78 Å². The van der Waals surface area contributed by atoms with Gasteiger partial charge in [0.1, 0.15) is 10.7 Å². The summed E-state index contributed by atoms with van der Waals surface area (Å²) in [4.78, 5) is 0.238. The molecule has 0 aliphatic carbocycles. The normalized spacial score (nSPS) is 10.9. The molecule has 0 bridgehead atoms. The molecule has 112 valence electrons. The maximum absolute atomic E-state index is 8.14. The summed E-state index contributed by atoms with van der Waals surface area (Å²) in [5.74, 6) is 0. The minimum atomic E-state index is 0.238. The predicted octanol–water partition coefficient (Wildman–Crippen LogP) is 5.35. The molecule has 0 atom stereocenters. The van der Waals surface area contributed by atoms with Crippen LogP contribution in [-0.2, 0) is 0 Å². The largest absolute Gasteiger partial charge is 0.273 e. The fraction of sp³-hybridized carbons (Fsp3) is 0.0667. The van der Waals surface area contributed by atoms with Gasteiger partial charge in [-0.15, -0.1) is 0 Å². The molecule has 0 aliphatic rings. The van der Waals surface area contributed by atoms with Gasteiger partial charge in [-0.25, -0.2) is 4.68 Å². The summed E-state index contributed by atoms with van der Waals surface area (Å²) in [5, 5.41) is 14.5. The van der Waals surface area contributed by atoms with E-state index in [1.165, 1.54) is 21.6 Å². The molecule has 0 saturated heterocycles. The molecule has 0 fully saturated rings. The lowest BCUT2D eigenvalue weighted by atomic mass is 10.2. The van der Waals surface area contributed by atoms with Crippen molar-refractivity contribution in [2.75, 3.05) is 0 Å². The lowest BCUT2D eigenvalue weighted by molar-refractivity contribution is 0.825. The van der Waals surface area contributed by atoms with Gasteiger partial charge in [0, 0.05) is 10.6 Å². The van der Waals surface area contributed by atoms with Crippen LogP contribution in [-0.4, -0.2) is 9.78 Å². The third-order valence-electron chi connectivity index (χ3n) is 3.07. The third kappa shape index (κ3) is 2.92. The highest BCUT2D eigenvalue weighted by Crippen LogP contribution is 2.32. The zero-order chi connectivity index (χ0) is 15.9. The number of aryl methyl sites for hydroxylation is 1. The van der Waals surface area contributed by atoms with Crippen LogP contribution in [0.25, 0.3) is 16.3 Å². The molecule has 1 heterocycles. The van der Waals surface area contributed by atoms with Crippen molar-refractivity contribution in [3.63, 3.8) is 0 Å². The molecule has 22 heavy (non-hydrogen) atoms. The second kappa shape index (κ2) is 6.05. The average Bonchev–Trinajstić information content (AvgIpc) is 2.80. The molecule has 0 spiro atoms. The molecule has 0 amide bonds. The van der Waals surface area contributed by atoms with E-state index in [2.05, 4.69) is 5.10 Å². The number of benzene rings is 2. The van der Waals surface area contributed by atoms with Crippen molar-refractivity contribution in [3.8, 4) is 16.3 Å². The summed E-state index contributed by atoms with van der Waals surface area (Å²) < 4.78 is 1.43. The smallest absolute Gasteiger partial charge is 0.205 e. The van der Waals surface area contributed by atoms with E-state index in [1.54, 1.807) is 12.1 Å². The summed E-state index contributed by atoms with van der Waals surface area (Å²) >= 11 is 19.6. The highest BCUT2D eigenvalue weighted by molar-refractivity contribution is 7.12. The van der Waals surface area contributed by atoms with Gasteiger partial charge in [-0.05, 0) is 19.1 Å². The van der Waals surface area contributed by atoms with Crippen LogP contribution in [0.5, 0.6) is 0 Å². The molecule has 1 N–H and O–H groups in total. The zero-order valence-electron chi connectivity index (χ0n) is 11.4. The Hall–Kier alpha value is -1.33. The first-order chi connectivity index (χ1) is 10.5. The topological polar surface area (TPSA) is 41.7 Å². The third-order valence-corrected chi connectivity index (χ3v) is 4.74. The van der Waals surface area contributed by atoms with E-state index in [-0.39, 0.29) is 4.80 Å². The maximum atomic E-state index is 8.14. The minimum absolute atomic E-state index is 0.238. The van der Waals surface area contributed by atoms with Crippen molar-refractivity contribution in [3.05, 3.63) is 61.8 Å². The number of hydrogen-bond acceptors (Lipinski definition) is 3. The monoisotopic (exact) mass is 369 g/mol. The van der Waals surface area contributed by atoms with Gasteiger partial charge >= 0.3 is 0 Å². The molecular formula is C15H10Cl3N3S. The van der Waals surface area contributed by atoms with E-state index >= 15 is 0 Å². The van der Waals surface area contributed by atoms with Crippen molar-refractivity contribution >= 4 is 46.1 Å². The molecule has 7 heteroatoms. The van der Waals surface area contributed by atoms with Crippen molar-refractivity contribution < 1.29 is 0 Å². The molecule has 0 radical (unpaired) electrons. The Labute approximate surface area is 146 Å². The van der Waals surface area contributed by atoms with Crippen LogP contribution in [0.1, 0.15) is 5.56 Å². The Bertz CT molecular complexity index is 874. The molecular weight excluding hydrogens is 361 g/mol. The number of halogens is 3. The van der Waals surface area contributed by atoms with E-state index < -0.39 is 0 Å². The lowest BCUT2D eigenvalue weighted by Gasteiger charge is -2.07. The first-order valence-electron chi connectivity index (χ1n) is 6.32. The van der Waals surface area contributed by atoms with Crippen LogP contribution < -0.4 is 4.80 Å². The molecule has 3 rings (SSSR count). The van der Waals surface area contributed by atoms with Gasteiger partial charge < -0.3 is 0 Å². The Morgan fingerprint density at radius 1 is 1.05 bits per heavy atom. The second-order valence-electron chi connectivity index (χ2n) is 4.71. The Morgan fingerprint density at radius 2 is 1.64 bits per heavy atom. The number of nitrogens with zero attached hydrogens (tertiary/aromatic N) is 2. The van der Waals surface area contributed by atoms with Crippen LogP contribution in [0.15, 0.2) is 36.4 Å². The highest BCUT2D eigenvalue weighted by Gasteiger charge is 2.15. The fourth-order valence-corrected chi connectivity index (χ4v) is 3.75. The molecule has 2 aromatic carbocycles. The number of aromatic nitrogens is 2. The first-order valence-corrected chi connectivity index (χ1v) is 8.27. The highest BCUT2D eigenvalue weighted by atomic mass is 35.5. The average molecular weight is 371 g/mol. The predicted molar refractivity (Wildman–Crippen MR) is 92.5 cm³/mol. The van der Waals surface area contributed by atoms with E-state index in [1.807, 2.05) is 31.2 Å². The summed E-state index contributed by atoms with van der Waals surface area (Å²) in [6, 6.07) is 11.1. The Kier molecular flexibility index (Phi) is 4.28. The van der Waals surface area contributed by atoms with Crippen LogP contribution in [0, 0.1) is 12.3 Å². The molecule has 0 aliphatic heterocycles. The van der Waals surface area contributed by atoms with Crippen LogP contribution in [0.3, 0.4) is 0 Å². The van der Waals surface area contributed by atoms with Gasteiger partial charge in [0.25, 0.3) is 0 Å². The first kappa shape index (κ1) is 15.6. The Morgan fingerprint density at radius 3 is 2.23 bits per heavy atom. The summed E-state index contributed by atoms with van der Waals surface area (Å²) in [6.45, 7) is 2.02. The molecule has 3 aromatic rings. The second-order valence-corrected chi connectivity index (χ2v) is 6.94. The summed E-state index contributed by atoms with van der Waals surface area (Å²) in [6.07, 6.45) is 0. The van der Waals surface area contributed by atoms with Gasteiger partial charge in [-0.1, -0.05) is 76.0 Å². The summed E-state index contributed by atoms with van der Waals surface area (Å²) in [7, 11) is 0. The molecule has 3 nitrogen and oxygen atoms in total. The van der Waals surface area contributed by atoms with Gasteiger partial charge in [0.15, 0.2) is 0 Å². The number of rotatable bonds is 2. The zero-order valence-corrected chi connectivity index (χ0v) is 14.5. The SMILES string of the molecule is Cc1ccc(-c2nn(-c3c(Cl)cc(Cl)cc3Cl)c(=N)s2)cc1. The van der Waals surface area contributed by atoms with E-state index in [4.69, 9.17) is 40.2 Å². The maximum Gasteiger partial charge on any atom is 0.205 e. The standard InChI is InChI=1S/C15H10Cl3N3S/c1-8-2-4-9(5-3-8)14-20-21(15(19)22-14)13-11(17)6-10(16)7-12(13)18/h2-7,19H,1H3. The van der Waals surface area contributed by atoms with Crippen LogP contribution in [0.2, 0.25) is 15.1 Å². The van der Waals surface area contributed by atoms with Crippen molar-refractivity contribution in [1.29, 1.82) is 5.41 Å². The quantitative estimate of drug-likeness (QED) is 0.649. The van der Waals surface area contributed by atoms with E-state index in [0.717, 1.165) is 10.6 Å². The Balaban J connectivity index is 2.15. The minimum Gasteiger partial charge on any atom is -0.273 e. The lowest BCUT2D eigenvalue weighted by Crippen LogP contribution is -2.13. The van der Waals surface area contributed by atoms with Crippen LogP contribution in [0.4, 0.5) is 0 Å². The van der Waals surface area contributed by atoms with Crippen molar-refractivity contribution in [2.45, 2.75) is 6.92 Å². The molecule has 0 saturated carbocycles. The molecule has 0 unspecified atom stereocenters. The summed E-state index contributed by atoms with van der Waals surface area (Å²) in [5.41, 5.74) is 2.58.